The van der Waals surface area contributed by atoms with Gasteiger partial charge in [0.2, 0.25) is 0 Å². The van der Waals surface area contributed by atoms with E-state index in [9.17, 15) is 4.79 Å². The van der Waals surface area contributed by atoms with Crippen LogP contribution >= 0.6 is 0 Å². The van der Waals surface area contributed by atoms with Crippen LogP contribution in [0.4, 0.5) is 4.79 Å². The quantitative estimate of drug-likeness (QED) is 0.781. The molecule has 8 heteroatoms. The van der Waals surface area contributed by atoms with Gasteiger partial charge in [-0.05, 0) is 12.1 Å². The van der Waals surface area contributed by atoms with Gasteiger partial charge >= 0.3 is 6.03 Å². The predicted molar refractivity (Wildman–Crippen MR) is 90.9 cm³/mol. The standard InChI is InChI=1S/C17H20N6O2/c1-21-10-13(8-19-21)15-12-23(6-7-25-15)17(24)18-9-14-11-22-5-3-2-4-16(22)20-14/h2-5,8,10-11,15H,6-7,9,12H2,1H3,(H,18,24). The molecule has 1 aliphatic heterocycles. The van der Waals surface area contributed by atoms with Crippen LogP contribution in [0.5, 0.6) is 0 Å². The maximum atomic E-state index is 12.5. The summed E-state index contributed by atoms with van der Waals surface area (Å²) in [5.41, 5.74) is 2.69. The van der Waals surface area contributed by atoms with E-state index in [0.717, 1.165) is 16.9 Å². The monoisotopic (exact) mass is 340 g/mol. The normalized spacial score (nSPS) is 17.8. The second kappa shape index (κ2) is 6.56. The van der Waals surface area contributed by atoms with E-state index in [2.05, 4.69) is 15.4 Å². The molecule has 25 heavy (non-hydrogen) atoms. The number of aryl methyl sites for hydroxylation is 1. The SMILES string of the molecule is Cn1cc(C2CN(C(=O)NCc3cn4ccccc4n3)CCO2)cn1. The maximum Gasteiger partial charge on any atom is 0.317 e. The van der Waals surface area contributed by atoms with E-state index >= 15 is 0 Å². The van der Waals surface area contributed by atoms with Gasteiger partial charge in [-0.1, -0.05) is 6.07 Å². The van der Waals surface area contributed by atoms with E-state index in [0.29, 0.717) is 26.2 Å². The molecular weight excluding hydrogens is 320 g/mol. The molecule has 4 heterocycles. The van der Waals surface area contributed by atoms with E-state index in [1.54, 1.807) is 15.8 Å². The summed E-state index contributed by atoms with van der Waals surface area (Å²) in [6.45, 7) is 2.01. The Morgan fingerprint density at radius 2 is 2.32 bits per heavy atom. The second-order valence-corrected chi connectivity index (χ2v) is 6.11. The number of amides is 2. The highest BCUT2D eigenvalue weighted by Gasteiger charge is 2.26. The van der Waals surface area contributed by atoms with E-state index < -0.39 is 0 Å². The number of aromatic nitrogens is 4. The molecule has 0 saturated carbocycles. The van der Waals surface area contributed by atoms with Gasteiger partial charge in [-0.3, -0.25) is 4.68 Å². The lowest BCUT2D eigenvalue weighted by molar-refractivity contribution is -0.0155. The van der Waals surface area contributed by atoms with Gasteiger partial charge in [0.15, 0.2) is 0 Å². The molecule has 8 nitrogen and oxygen atoms in total. The second-order valence-electron chi connectivity index (χ2n) is 6.11. The van der Waals surface area contributed by atoms with Gasteiger partial charge in [-0.2, -0.15) is 5.10 Å². The van der Waals surface area contributed by atoms with Crippen molar-refractivity contribution in [2.24, 2.45) is 7.05 Å². The van der Waals surface area contributed by atoms with Crippen LogP contribution in [0.2, 0.25) is 0 Å². The fourth-order valence-electron chi connectivity index (χ4n) is 2.99. The number of urea groups is 1. The molecule has 4 rings (SSSR count). The molecule has 3 aromatic rings. The van der Waals surface area contributed by atoms with Crippen molar-refractivity contribution in [1.29, 1.82) is 0 Å². The Kier molecular flexibility index (Phi) is 4.10. The third-order valence-electron chi connectivity index (χ3n) is 4.28. The van der Waals surface area contributed by atoms with Crippen LogP contribution in [0.1, 0.15) is 17.4 Å². The van der Waals surface area contributed by atoms with Crippen LogP contribution < -0.4 is 5.32 Å². The molecule has 130 valence electrons. The number of hydrogen-bond donors (Lipinski definition) is 1. The zero-order valence-electron chi connectivity index (χ0n) is 14.0. The number of nitrogens with one attached hydrogen (secondary N) is 1. The summed E-state index contributed by atoms with van der Waals surface area (Å²) < 4.78 is 9.45. The van der Waals surface area contributed by atoms with Gasteiger partial charge in [-0.15, -0.1) is 0 Å². The summed E-state index contributed by atoms with van der Waals surface area (Å²) in [7, 11) is 1.87. The molecule has 2 amide bonds. The van der Waals surface area contributed by atoms with Crippen LogP contribution in [0, 0.1) is 0 Å². The summed E-state index contributed by atoms with van der Waals surface area (Å²) in [4.78, 5) is 18.7. The summed E-state index contributed by atoms with van der Waals surface area (Å²) in [5.74, 6) is 0. The number of fused-ring (bicyclic) bond motifs is 1. The van der Waals surface area contributed by atoms with E-state index in [1.807, 2.05) is 48.2 Å². The number of carbonyl (C=O) groups is 1. The molecular formula is C17H20N6O2. The average Bonchev–Trinajstić information content (AvgIpc) is 3.25. The molecule has 0 bridgehead atoms. The Morgan fingerprint density at radius 3 is 3.12 bits per heavy atom. The molecule has 1 saturated heterocycles. The molecule has 1 aliphatic rings. The number of imidazole rings is 1. The number of morpholine rings is 1. The highest BCUT2D eigenvalue weighted by atomic mass is 16.5. The first kappa shape index (κ1) is 15.6. The lowest BCUT2D eigenvalue weighted by atomic mass is 10.1. The largest absolute Gasteiger partial charge is 0.370 e. The predicted octanol–water partition coefficient (Wildman–Crippen LogP) is 1.35. The first-order valence-corrected chi connectivity index (χ1v) is 8.24. The minimum absolute atomic E-state index is 0.103. The number of hydrogen-bond acceptors (Lipinski definition) is 4. The Balaban J connectivity index is 1.37. The van der Waals surface area contributed by atoms with Gasteiger partial charge in [0.1, 0.15) is 11.8 Å². The maximum absolute atomic E-state index is 12.5. The van der Waals surface area contributed by atoms with Crippen molar-refractivity contribution >= 4 is 11.7 Å². The Morgan fingerprint density at radius 1 is 1.40 bits per heavy atom. The number of rotatable bonds is 3. The van der Waals surface area contributed by atoms with Crippen LogP contribution in [0.25, 0.3) is 5.65 Å². The van der Waals surface area contributed by atoms with Crippen molar-refractivity contribution in [3.8, 4) is 0 Å². The molecule has 3 aromatic heterocycles. The number of pyridine rings is 1. The number of nitrogens with zero attached hydrogens (tertiary/aromatic N) is 5. The van der Waals surface area contributed by atoms with Crippen LogP contribution in [-0.4, -0.2) is 49.8 Å². The van der Waals surface area contributed by atoms with Gasteiger partial charge in [-0.25, -0.2) is 9.78 Å². The van der Waals surface area contributed by atoms with Gasteiger partial charge in [0.05, 0.1) is 31.6 Å². The van der Waals surface area contributed by atoms with Crippen LogP contribution in [-0.2, 0) is 18.3 Å². The molecule has 0 spiro atoms. The molecule has 1 fully saturated rings. The van der Waals surface area contributed by atoms with Gasteiger partial charge in [0.25, 0.3) is 0 Å². The van der Waals surface area contributed by atoms with E-state index in [1.165, 1.54) is 0 Å². The smallest absolute Gasteiger partial charge is 0.317 e. The fraction of sp³-hybridized carbons (Fsp3) is 0.353. The van der Waals surface area contributed by atoms with Gasteiger partial charge in [0, 0.05) is 37.7 Å². The van der Waals surface area contributed by atoms with Crippen molar-refractivity contribution in [3.05, 3.63) is 54.2 Å². The number of carbonyl (C=O) groups excluding carboxylic acids is 1. The first-order valence-electron chi connectivity index (χ1n) is 8.24. The Bertz CT molecular complexity index is 853. The molecule has 0 aliphatic carbocycles. The van der Waals surface area contributed by atoms with Crippen molar-refractivity contribution in [1.82, 2.24) is 29.4 Å². The van der Waals surface area contributed by atoms with Crippen molar-refractivity contribution < 1.29 is 9.53 Å². The third kappa shape index (κ3) is 3.34. The summed E-state index contributed by atoms with van der Waals surface area (Å²) in [6.07, 6.45) is 7.43. The minimum atomic E-state index is -0.136. The minimum Gasteiger partial charge on any atom is -0.370 e. The lowest BCUT2D eigenvalue weighted by Gasteiger charge is -2.32. The number of ether oxygens (including phenoxy) is 1. The summed E-state index contributed by atoms with van der Waals surface area (Å²) in [6, 6.07) is 5.72. The molecule has 1 N–H and O–H groups in total. The molecule has 0 radical (unpaired) electrons. The molecule has 1 unspecified atom stereocenters. The van der Waals surface area contributed by atoms with Crippen molar-refractivity contribution in [2.75, 3.05) is 19.7 Å². The summed E-state index contributed by atoms with van der Waals surface area (Å²) in [5, 5.41) is 7.11. The zero-order valence-corrected chi connectivity index (χ0v) is 14.0. The molecule has 0 aromatic carbocycles. The Labute approximate surface area is 145 Å². The van der Waals surface area contributed by atoms with Crippen LogP contribution in [0.15, 0.2) is 43.0 Å². The van der Waals surface area contributed by atoms with E-state index in [4.69, 9.17) is 4.74 Å². The average molecular weight is 340 g/mol. The third-order valence-corrected chi connectivity index (χ3v) is 4.28. The summed E-state index contributed by atoms with van der Waals surface area (Å²) >= 11 is 0. The topological polar surface area (TPSA) is 76.7 Å². The Hall–Kier alpha value is -2.87. The highest BCUT2D eigenvalue weighted by Crippen LogP contribution is 2.21. The fourth-order valence-corrected chi connectivity index (χ4v) is 2.99. The lowest BCUT2D eigenvalue weighted by Crippen LogP contribution is -2.46. The highest BCUT2D eigenvalue weighted by molar-refractivity contribution is 5.74. The zero-order chi connectivity index (χ0) is 17.2. The molecule has 1 atom stereocenters. The first-order chi connectivity index (χ1) is 12.2. The van der Waals surface area contributed by atoms with Crippen molar-refractivity contribution in [3.63, 3.8) is 0 Å². The van der Waals surface area contributed by atoms with Crippen LogP contribution in [0.3, 0.4) is 0 Å². The van der Waals surface area contributed by atoms with Gasteiger partial charge < -0.3 is 19.4 Å². The van der Waals surface area contributed by atoms with Crippen molar-refractivity contribution in [2.45, 2.75) is 12.6 Å². The van der Waals surface area contributed by atoms with E-state index in [-0.39, 0.29) is 12.1 Å².